The van der Waals surface area contributed by atoms with Crippen LogP contribution in [0.1, 0.15) is 48.0 Å². The summed E-state index contributed by atoms with van der Waals surface area (Å²) in [6, 6.07) is 14.3. The first-order chi connectivity index (χ1) is 15.3. The van der Waals surface area contributed by atoms with Gasteiger partial charge in [-0.25, -0.2) is 8.42 Å². The van der Waals surface area contributed by atoms with Gasteiger partial charge in [-0.2, -0.15) is 0 Å². The van der Waals surface area contributed by atoms with Gasteiger partial charge in [0.25, 0.3) is 5.91 Å². The standard InChI is InChI=1S/C24H31N3O4S/c1-19-10-8-11-20(18-19)27(32(2,30)31)17-9-14-23(28)25-22-13-5-4-12-21(22)24(29)26-15-6-3-7-16-26/h4-5,8,10-13,18H,3,6-7,9,14-17H2,1-2H3,(H,25,28). The van der Waals surface area contributed by atoms with Gasteiger partial charge in [0.2, 0.25) is 15.9 Å². The van der Waals surface area contributed by atoms with Crippen molar-refractivity contribution >= 4 is 33.2 Å². The first-order valence-electron chi connectivity index (χ1n) is 11.0. The van der Waals surface area contributed by atoms with Crippen molar-refractivity contribution in [2.45, 2.75) is 39.0 Å². The zero-order valence-corrected chi connectivity index (χ0v) is 19.5. The van der Waals surface area contributed by atoms with Crippen LogP contribution in [0.25, 0.3) is 0 Å². The Morgan fingerprint density at radius 2 is 1.75 bits per heavy atom. The number of nitrogens with one attached hydrogen (secondary N) is 1. The quantitative estimate of drug-likeness (QED) is 0.653. The molecule has 1 aliphatic rings. The van der Waals surface area contributed by atoms with E-state index in [1.807, 2.05) is 30.0 Å². The highest BCUT2D eigenvalue weighted by Crippen LogP contribution is 2.22. The highest BCUT2D eigenvalue weighted by atomic mass is 32.2. The molecule has 7 nitrogen and oxygen atoms in total. The van der Waals surface area contributed by atoms with Crippen molar-refractivity contribution in [1.29, 1.82) is 0 Å². The smallest absolute Gasteiger partial charge is 0.255 e. The zero-order valence-electron chi connectivity index (χ0n) is 18.7. The predicted molar refractivity (Wildman–Crippen MR) is 127 cm³/mol. The van der Waals surface area contributed by atoms with Crippen LogP contribution in [-0.4, -0.2) is 51.0 Å². The monoisotopic (exact) mass is 457 g/mol. The molecular weight excluding hydrogens is 426 g/mol. The van der Waals surface area contributed by atoms with Gasteiger partial charge in [0, 0.05) is 26.1 Å². The predicted octanol–water partition coefficient (Wildman–Crippen LogP) is 3.81. The Bertz CT molecular complexity index is 1060. The van der Waals surface area contributed by atoms with Crippen LogP contribution in [0.15, 0.2) is 48.5 Å². The van der Waals surface area contributed by atoms with E-state index in [4.69, 9.17) is 0 Å². The van der Waals surface area contributed by atoms with Crippen molar-refractivity contribution < 1.29 is 18.0 Å². The number of anilines is 2. The van der Waals surface area contributed by atoms with Gasteiger partial charge in [-0.1, -0.05) is 24.3 Å². The van der Waals surface area contributed by atoms with Gasteiger partial charge in [-0.15, -0.1) is 0 Å². The Balaban J connectivity index is 1.62. The Morgan fingerprint density at radius 1 is 1.03 bits per heavy atom. The normalized spacial score (nSPS) is 14.1. The molecule has 1 saturated heterocycles. The molecule has 32 heavy (non-hydrogen) atoms. The molecule has 0 radical (unpaired) electrons. The lowest BCUT2D eigenvalue weighted by atomic mass is 10.1. The van der Waals surface area contributed by atoms with E-state index in [-0.39, 0.29) is 24.8 Å². The summed E-state index contributed by atoms with van der Waals surface area (Å²) in [5.74, 6) is -0.315. The van der Waals surface area contributed by atoms with Crippen LogP contribution >= 0.6 is 0 Å². The molecule has 1 aliphatic heterocycles. The number of hydrogen-bond donors (Lipinski definition) is 1. The summed E-state index contributed by atoms with van der Waals surface area (Å²) in [5, 5.41) is 2.84. The molecule has 2 aromatic rings. The second kappa shape index (κ2) is 10.6. The lowest BCUT2D eigenvalue weighted by Gasteiger charge is -2.27. The number of carbonyl (C=O) groups is 2. The summed E-state index contributed by atoms with van der Waals surface area (Å²) >= 11 is 0. The van der Waals surface area contributed by atoms with Crippen LogP contribution in [0.4, 0.5) is 11.4 Å². The number of sulfonamides is 1. The molecule has 2 aromatic carbocycles. The van der Waals surface area contributed by atoms with Gasteiger partial charge in [0.15, 0.2) is 0 Å². The van der Waals surface area contributed by atoms with Crippen molar-refractivity contribution in [2.24, 2.45) is 0 Å². The number of para-hydroxylation sites is 1. The van der Waals surface area contributed by atoms with Gasteiger partial charge in [-0.3, -0.25) is 13.9 Å². The number of carbonyl (C=O) groups excluding carboxylic acids is 2. The van der Waals surface area contributed by atoms with E-state index >= 15 is 0 Å². The molecule has 1 fully saturated rings. The summed E-state index contributed by atoms with van der Waals surface area (Å²) in [5.41, 5.74) is 2.53. The fourth-order valence-corrected chi connectivity index (χ4v) is 4.87. The van der Waals surface area contributed by atoms with Crippen LogP contribution < -0.4 is 9.62 Å². The molecule has 0 saturated carbocycles. The summed E-state index contributed by atoms with van der Waals surface area (Å²) in [7, 11) is -3.47. The van der Waals surface area contributed by atoms with Gasteiger partial charge in [-0.05, 0) is 62.4 Å². The number of likely N-dealkylation sites (tertiary alicyclic amines) is 1. The van der Waals surface area contributed by atoms with Gasteiger partial charge in [0.1, 0.15) is 0 Å². The molecule has 1 N–H and O–H groups in total. The Hall–Kier alpha value is -2.87. The second-order valence-corrected chi connectivity index (χ2v) is 10.1. The molecule has 0 aliphatic carbocycles. The highest BCUT2D eigenvalue weighted by Gasteiger charge is 2.22. The molecule has 3 rings (SSSR count). The van der Waals surface area contributed by atoms with Crippen molar-refractivity contribution in [3.05, 3.63) is 59.7 Å². The molecule has 8 heteroatoms. The second-order valence-electron chi connectivity index (χ2n) is 8.22. The van der Waals surface area contributed by atoms with Gasteiger partial charge >= 0.3 is 0 Å². The fraction of sp³-hybridized carbons (Fsp3) is 0.417. The minimum absolute atomic E-state index is 0.0664. The van der Waals surface area contributed by atoms with E-state index < -0.39 is 10.0 Å². The maximum atomic E-state index is 12.9. The van der Waals surface area contributed by atoms with Crippen LogP contribution in [0, 0.1) is 6.92 Å². The lowest BCUT2D eigenvalue weighted by molar-refractivity contribution is -0.116. The molecule has 0 spiro atoms. The Labute approximate surface area is 190 Å². The number of aryl methyl sites for hydroxylation is 1. The Kier molecular flexibility index (Phi) is 7.90. The van der Waals surface area contributed by atoms with Gasteiger partial charge < -0.3 is 10.2 Å². The largest absolute Gasteiger partial charge is 0.339 e. The van der Waals surface area contributed by atoms with Crippen molar-refractivity contribution in [1.82, 2.24) is 4.90 Å². The average molecular weight is 458 g/mol. The van der Waals surface area contributed by atoms with Crippen LogP contribution in [0.3, 0.4) is 0 Å². The number of nitrogens with zero attached hydrogens (tertiary/aromatic N) is 2. The zero-order chi connectivity index (χ0) is 23.1. The number of piperidine rings is 1. The number of benzene rings is 2. The molecule has 0 bridgehead atoms. The maximum Gasteiger partial charge on any atom is 0.255 e. The summed E-state index contributed by atoms with van der Waals surface area (Å²) in [6.45, 7) is 3.58. The van der Waals surface area contributed by atoms with Crippen LogP contribution in [0.5, 0.6) is 0 Å². The number of amides is 2. The molecular formula is C24H31N3O4S. The average Bonchev–Trinajstić information content (AvgIpc) is 2.76. The van der Waals surface area contributed by atoms with Crippen molar-refractivity contribution in [3.8, 4) is 0 Å². The minimum Gasteiger partial charge on any atom is -0.339 e. The van der Waals surface area contributed by atoms with E-state index in [0.29, 0.717) is 23.4 Å². The third-order valence-corrected chi connectivity index (χ3v) is 6.72. The molecule has 0 aromatic heterocycles. The number of hydrogen-bond acceptors (Lipinski definition) is 4. The van der Waals surface area contributed by atoms with Gasteiger partial charge in [0.05, 0.1) is 23.2 Å². The van der Waals surface area contributed by atoms with E-state index in [2.05, 4.69) is 5.32 Å². The molecule has 172 valence electrons. The lowest BCUT2D eigenvalue weighted by Crippen LogP contribution is -2.36. The maximum absolute atomic E-state index is 12.9. The van der Waals surface area contributed by atoms with E-state index in [0.717, 1.165) is 44.2 Å². The van der Waals surface area contributed by atoms with Crippen LogP contribution in [0.2, 0.25) is 0 Å². The van der Waals surface area contributed by atoms with Crippen molar-refractivity contribution in [2.75, 3.05) is 35.5 Å². The van der Waals surface area contributed by atoms with E-state index in [9.17, 15) is 18.0 Å². The third-order valence-electron chi connectivity index (χ3n) is 5.53. The van der Waals surface area contributed by atoms with E-state index in [1.165, 1.54) is 4.31 Å². The summed E-state index contributed by atoms with van der Waals surface area (Å²) in [6.07, 6.45) is 4.79. The number of rotatable bonds is 8. The first-order valence-corrected chi connectivity index (χ1v) is 12.8. The van der Waals surface area contributed by atoms with Crippen LogP contribution in [-0.2, 0) is 14.8 Å². The molecule has 0 unspecified atom stereocenters. The third kappa shape index (κ3) is 6.32. The fourth-order valence-electron chi connectivity index (χ4n) is 3.91. The topological polar surface area (TPSA) is 86.8 Å². The molecule has 0 atom stereocenters. The highest BCUT2D eigenvalue weighted by molar-refractivity contribution is 7.92. The first kappa shape index (κ1) is 23.8. The Morgan fingerprint density at radius 3 is 2.44 bits per heavy atom. The SMILES string of the molecule is Cc1cccc(N(CCCC(=O)Nc2ccccc2C(=O)N2CCCCC2)S(C)(=O)=O)c1. The van der Waals surface area contributed by atoms with E-state index in [1.54, 1.807) is 30.3 Å². The van der Waals surface area contributed by atoms with Crippen molar-refractivity contribution in [3.63, 3.8) is 0 Å². The molecule has 1 heterocycles. The summed E-state index contributed by atoms with van der Waals surface area (Å²) in [4.78, 5) is 27.3. The molecule has 2 amide bonds. The minimum atomic E-state index is -3.47. The summed E-state index contributed by atoms with van der Waals surface area (Å²) < 4.78 is 25.8.